The molecule has 0 amide bonds. The Morgan fingerprint density at radius 2 is 2.06 bits per heavy atom. The lowest BCUT2D eigenvalue weighted by atomic mass is 10.3. The van der Waals surface area contributed by atoms with Gasteiger partial charge in [-0.1, -0.05) is 12.8 Å². The maximum atomic E-state index is 12.4. The summed E-state index contributed by atoms with van der Waals surface area (Å²) < 4.78 is 26.1. The van der Waals surface area contributed by atoms with Gasteiger partial charge in [0, 0.05) is 13.1 Å². The Kier molecular flexibility index (Phi) is 3.74. The molecule has 1 saturated carbocycles. The molecule has 0 saturated heterocycles. The number of aromatic carboxylic acids is 1. The monoisotopic (exact) mass is 289 g/mol. The summed E-state index contributed by atoms with van der Waals surface area (Å²) in [7, 11) is -2.16. The Bertz CT molecular complexity index is 543. The highest BCUT2D eigenvalue weighted by Crippen LogP contribution is 2.30. The van der Waals surface area contributed by atoms with Gasteiger partial charge in [0.25, 0.3) is 0 Å². The Morgan fingerprint density at radius 3 is 2.61 bits per heavy atom. The fraction of sp³-hybridized carbons (Fsp3) is 0.545. The average Bonchev–Trinajstić information content (AvgIpc) is 2.99. The van der Waals surface area contributed by atoms with E-state index >= 15 is 0 Å². The third kappa shape index (κ3) is 2.30. The highest BCUT2D eigenvalue weighted by Gasteiger charge is 2.33. The molecule has 2 rings (SSSR count). The van der Waals surface area contributed by atoms with Crippen LogP contribution < -0.4 is 0 Å². The molecule has 1 heterocycles. The predicted molar refractivity (Wildman–Crippen MR) is 68.5 cm³/mol. The zero-order valence-corrected chi connectivity index (χ0v) is 11.6. The molecule has 1 aliphatic carbocycles. The first-order valence-corrected chi connectivity index (χ1v) is 8.05. The molecule has 7 heteroatoms. The summed E-state index contributed by atoms with van der Waals surface area (Å²) in [5, 5.41) is 10.5. The molecule has 1 aromatic heterocycles. The number of carboxylic acids is 1. The number of hydrogen-bond donors (Lipinski definition) is 1. The summed E-state index contributed by atoms with van der Waals surface area (Å²) in [5.74, 6) is -1.19. The normalized spacial score (nSPS) is 17.4. The van der Waals surface area contributed by atoms with E-state index in [4.69, 9.17) is 5.11 Å². The molecule has 1 aliphatic rings. The van der Waals surface area contributed by atoms with E-state index in [0.717, 1.165) is 37.0 Å². The maximum absolute atomic E-state index is 12.4. The molecule has 0 aromatic carbocycles. The molecule has 1 N–H and O–H groups in total. The van der Waals surface area contributed by atoms with Gasteiger partial charge in [0.15, 0.2) is 0 Å². The van der Waals surface area contributed by atoms with Gasteiger partial charge in [0.2, 0.25) is 10.0 Å². The van der Waals surface area contributed by atoms with Crippen molar-refractivity contribution in [2.45, 2.75) is 36.6 Å². The molecule has 0 bridgehead atoms. The average molecular weight is 289 g/mol. The molecule has 1 fully saturated rings. The molecule has 18 heavy (non-hydrogen) atoms. The van der Waals surface area contributed by atoms with Crippen LogP contribution in [0, 0.1) is 0 Å². The van der Waals surface area contributed by atoms with Gasteiger partial charge in [-0.05, 0) is 24.3 Å². The Morgan fingerprint density at radius 1 is 1.44 bits per heavy atom. The molecule has 0 radical (unpaired) electrons. The minimum Gasteiger partial charge on any atom is -0.477 e. The second-order valence-corrected chi connectivity index (χ2v) is 7.26. The quantitative estimate of drug-likeness (QED) is 0.920. The molecular formula is C11H15NO4S2. The third-order valence-corrected chi connectivity index (χ3v) is 6.30. The molecular weight excluding hydrogens is 274 g/mol. The molecule has 0 aliphatic heterocycles. The van der Waals surface area contributed by atoms with E-state index in [1.165, 1.54) is 22.8 Å². The molecule has 0 unspecified atom stereocenters. The van der Waals surface area contributed by atoms with E-state index in [0.29, 0.717) is 0 Å². The number of hydrogen-bond acceptors (Lipinski definition) is 4. The highest BCUT2D eigenvalue weighted by molar-refractivity contribution is 7.89. The fourth-order valence-corrected chi connectivity index (χ4v) is 4.92. The van der Waals surface area contributed by atoms with E-state index in [2.05, 4.69) is 0 Å². The molecule has 0 spiro atoms. The zero-order valence-electron chi connectivity index (χ0n) is 10.00. The first kappa shape index (κ1) is 13.5. The highest BCUT2D eigenvalue weighted by atomic mass is 32.2. The maximum Gasteiger partial charge on any atom is 0.347 e. The second kappa shape index (κ2) is 4.99. The predicted octanol–water partition coefficient (Wildman–Crippen LogP) is 2.01. The second-order valence-electron chi connectivity index (χ2n) is 4.38. The standard InChI is InChI=1S/C11H15NO4S2/c1-12(8-4-2-3-5-8)18(15,16)9-6-7-17-10(9)11(13)14/h6-8H,2-5H2,1H3,(H,13,14). The lowest BCUT2D eigenvalue weighted by Gasteiger charge is -2.23. The lowest BCUT2D eigenvalue weighted by molar-refractivity contribution is 0.0698. The molecule has 0 atom stereocenters. The van der Waals surface area contributed by atoms with Crippen molar-refractivity contribution in [3.05, 3.63) is 16.3 Å². The van der Waals surface area contributed by atoms with Crippen molar-refractivity contribution in [2.75, 3.05) is 7.05 Å². The summed E-state index contributed by atoms with van der Waals surface area (Å²) in [6.07, 6.45) is 3.75. The van der Waals surface area contributed by atoms with E-state index in [-0.39, 0.29) is 15.8 Å². The van der Waals surface area contributed by atoms with Gasteiger partial charge in [-0.2, -0.15) is 4.31 Å². The van der Waals surface area contributed by atoms with Crippen LogP contribution in [0.5, 0.6) is 0 Å². The van der Waals surface area contributed by atoms with E-state index in [1.807, 2.05) is 0 Å². The van der Waals surface area contributed by atoms with Crippen LogP contribution in [0.4, 0.5) is 0 Å². The van der Waals surface area contributed by atoms with Crippen LogP contribution in [0.25, 0.3) is 0 Å². The Balaban J connectivity index is 2.35. The van der Waals surface area contributed by atoms with Crippen LogP contribution in [0.3, 0.4) is 0 Å². The van der Waals surface area contributed by atoms with E-state index in [1.54, 1.807) is 0 Å². The summed E-state index contributed by atoms with van der Waals surface area (Å²) in [4.78, 5) is 10.8. The van der Waals surface area contributed by atoms with Crippen molar-refractivity contribution in [3.63, 3.8) is 0 Å². The molecule has 1 aromatic rings. The van der Waals surface area contributed by atoms with Crippen LogP contribution in [0.15, 0.2) is 16.3 Å². The number of carboxylic acid groups (broad SMARTS) is 1. The van der Waals surface area contributed by atoms with Gasteiger partial charge in [-0.3, -0.25) is 0 Å². The Hall–Kier alpha value is -0.920. The Labute approximate surface area is 110 Å². The van der Waals surface area contributed by atoms with Gasteiger partial charge in [-0.15, -0.1) is 11.3 Å². The zero-order chi connectivity index (χ0) is 13.3. The SMILES string of the molecule is CN(C1CCCC1)S(=O)(=O)c1ccsc1C(=O)O. The van der Waals surface area contributed by atoms with Gasteiger partial charge < -0.3 is 5.11 Å². The lowest BCUT2D eigenvalue weighted by Crippen LogP contribution is -2.35. The van der Waals surface area contributed by atoms with Gasteiger partial charge >= 0.3 is 5.97 Å². The number of rotatable bonds is 4. The van der Waals surface area contributed by atoms with Crippen LogP contribution in [-0.2, 0) is 10.0 Å². The summed E-state index contributed by atoms with van der Waals surface area (Å²) >= 11 is 0.939. The van der Waals surface area contributed by atoms with Crippen LogP contribution >= 0.6 is 11.3 Å². The van der Waals surface area contributed by atoms with Crippen LogP contribution in [-0.4, -0.2) is 36.9 Å². The largest absolute Gasteiger partial charge is 0.477 e. The minimum atomic E-state index is -3.69. The fourth-order valence-electron chi connectivity index (χ4n) is 2.28. The smallest absolute Gasteiger partial charge is 0.347 e. The van der Waals surface area contributed by atoms with Crippen molar-refractivity contribution in [1.29, 1.82) is 0 Å². The van der Waals surface area contributed by atoms with Crippen molar-refractivity contribution in [3.8, 4) is 0 Å². The molecule has 5 nitrogen and oxygen atoms in total. The molecule has 100 valence electrons. The number of nitrogens with zero attached hydrogens (tertiary/aromatic N) is 1. The van der Waals surface area contributed by atoms with Crippen molar-refractivity contribution in [1.82, 2.24) is 4.31 Å². The number of sulfonamides is 1. The first-order chi connectivity index (χ1) is 8.44. The number of carbonyl (C=O) groups is 1. The third-order valence-electron chi connectivity index (χ3n) is 3.32. The van der Waals surface area contributed by atoms with Crippen molar-refractivity contribution in [2.24, 2.45) is 0 Å². The minimum absolute atomic E-state index is 0.00320. The van der Waals surface area contributed by atoms with E-state index < -0.39 is 16.0 Å². The first-order valence-electron chi connectivity index (χ1n) is 5.73. The van der Waals surface area contributed by atoms with Crippen LogP contribution in [0.2, 0.25) is 0 Å². The summed E-state index contributed by atoms with van der Waals surface area (Å²) in [6.45, 7) is 0. The van der Waals surface area contributed by atoms with Crippen molar-refractivity contribution < 1.29 is 18.3 Å². The van der Waals surface area contributed by atoms with Gasteiger partial charge in [-0.25, -0.2) is 13.2 Å². The van der Waals surface area contributed by atoms with Crippen LogP contribution in [0.1, 0.15) is 35.4 Å². The van der Waals surface area contributed by atoms with E-state index in [9.17, 15) is 13.2 Å². The van der Waals surface area contributed by atoms with Crippen molar-refractivity contribution >= 4 is 27.3 Å². The summed E-state index contributed by atoms with van der Waals surface area (Å²) in [5.41, 5.74) is 0. The van der Waals surface area contributed by atoms with Gasteiger partial charge in [0.1, 0.15) is 9.77 Å². The summed E-state index contributed by atoms with van der Waals surface area (Å²) in [6, 6.07) is 1.37. The number of thiophene rings is 1. The van der Waals surface area contributed by atoms with Gasteiger partial charge in [0.05, 0.1) is 0 Å². The topological polar surface area (TPSA) is 74.7 Å².